The lowest BCUT2D eigenvalue weighted by Crippen LogP contribution is -2.28. The van der Waals surface area contributed by atoms with Crippen LogP contribution in [0.2, 0.25) is 0 Å². The number of rotatable bonds is 7. The zero-order valence-corrected chi connectivity index (χ0v) is 16.1. The molecule has 1 unspecified atom stereocenters. The molecule has 3 heterocycles. The Morgan fingerprint density at radius 3 is 2.83 bits per heavy atom. The van der Waals surface area contributed by atoms with Gasteiger partial charge in [0.15, 0.2) is 11.5 Å². The molecule has 1 aromatic carbocycles. The zero-order chi connectivity index (χ0) is 20.1. The third-order valence-corrected chi connectivity index (χ3v) is 4.64. The van der Waals surface area contributed by atoms with Crippen molar-refractivity contribution in [3.05, 3.63) is 54.0 Å². The van der Waals surface area contributed by atoms with Gasteiger partial charge in [-0.15, -0.1) is 0 Å². The van der Waals surface area contributed by atoms with Gasteiger partial charge in [0.25, 0.3) is 0 Å². The number of benzene rings is 1. The van der Waals surface area contributed by atoms with Crippen LogP contribution in [0.4, 0.5) is 0 Å². The van der Waals surface area contributed by atoms with Gasteiger partial charge in [-0.1, -0.05) is 24.2 Å². The largest absolute Gasteiger partial charge is 0.486 e. The van der Waals surface area contributed by atoms with Crippen LogP contribution in [0.3, 0.4) is 0 Å². The first-order valence-corrected chi connectivity index (χ1v) is 9.66. The van der Waals surface area contributed by atoms with Crippen LogP contribution in [-0.4, -0.2) is 34.2 Å². The maximum Gasteiger partial charge on any atom is 0.227 e. The minimum absolute atomic E-state index is 0.0793. The van der Waals surface area contributed by atoms with Crippen molar-refractivity contribution in [3.8, 4) is 23.0 Å². The number of aryl methyl sites for hydroxylation is 1. The molecule has 1 aliphatic rings. The number of carbonyl (C=O) groups excluding carboxylic acids is 1. The Morgan fingerprint density at radius 2 is 2.03 bits per heavy atom. The number of hydrogen-bond acceptors (Lipinski definition) is 7. The van der Waals surface area contributed by atoms with Crippen LogP contribution in [0.25, 0.3) is 11.5 Å². The number of pyridine rings is 1. The molecule has 0 aliphatic carbocycles. The lowest BCUT2D eigenvalue weighted by atomic mass is 10.0. The molecule has 8 heteroatoms. The Hall–Kier alpha value is -3.42. The van der Waals surface area contributed by atoms with E-state index < -0.39 is 0 Å². The fourth-order valence-corrected chi connectivity index (χ4v) is 3.14. The van der Waals surface area contributed by atoms with Crippen molar-refractivity contribution in [2.75, 3.05) is 13.2 Å². The second-order valence-corrected chi connectivity index (χ2v) is 6.66. The molecule has 4 rings (SSSR count). The number of carbonyl (C=O) groups is 1. The summed E-state index contributed by atoms with van der Waals surface area (Å²) in [5.74, 6) is 2.21. The number of fused-ring (bicyclic) bond motifs is 1. The number of hydrogen-bond donors (Lipinski definition) is 1. The van der Waals surface area contributed by atoms with E-state index in [1.54, 1.807) is 12.3 Å². The van der Waals surface area contributed by atoms with Gasteiger partial charge in [-0.25, -0.2) is 0 Å². The molecule has 29 heavy (non-hydrogen) atoms. The minimum Gasteiger partial charge on any atom is -0.486 e. The summed E-state index contributed by atoms with van der Waals surface area (Å²) in [6.07, 6.45) is 3.05. The first-order chi connectivity index (χ1) is 14.2. The van der Waals surface area contributed by atoms with E-state index in [9.17, 15) is 4.79 Å². The van der Waals surface area contributed by atoms with Gasteiger partial charge in [0.1, 0.15) is 18.9 Å². The Labute approximate surface area is 168 Å². The standard InChI is InChI=1S/C21H22N4O4/c1-2-15(14-6-7-17-18(13-14)28-12-11-27-17)23-19(26)8-9-20-24-21(25-29-20)16-5-3-4-10-22-16/h3-7,10,13,15H,2,8-9,11-12H2,1H3,(H,23,26). The van der Waals surface area contributed by atoms with Gasteiger partial charge in [-0.05, 0) is 36.2 Å². The minimum atomic E-state index is -0.106. The average molecular weight is 394 g/mol. The van der Waals surface area contributed by atoms with Gasteiger partial charge in [0.2, 0.25) is 17.6 Å². The van der Waals surface area contributed by atoms with E-state index in [-0.39, 0.29) is 18.4 Å². The maximum absolute atomic E-state index is 12.5. The van der Waals surface area contributed by atoms with E-state index >= 15 is 0 Å². The highest BCUT2D eigenvalue weighted by Gasteiger charge is 2.18. The Kier molecular flexibility index (Phi) is 5.69. The summed E-state index contributed by atoms with van der Waals surface area (Å²) < 4.78 is 16.4. The van der Waals surface area contributed by atoms with Crippen molar-refractivity contribution in [2.45, 2.75) is 32.2 Å². The molecule has 8 nitrogen and oxygen atoms in total. The molecule has 0 bridgehead atoms. The number of aromatic nitrogens is 3. The summed E-state index contributed by atoms with van der Waals surface area (Å²) in [7, 11) is 0. The summed E-state index contributed by atoms with van der Waals surface area (Å²) in [5, 5.41) is 6.98. The van der Waals surface area contributed by atoms with Gasteiger partial charge >= 0.3 is 0 Å². The van der Waals surface area contributed by atoms with Crippen LogP contribution in [-0.2, 0) is 11.2 Å². The number of ether oxygens (including phenoxy) is 2. The molecule has 1 atom stereocenters. The third-order valence-electron chi connectivity index (χ3n) is 4.64. The predicted molar refractivity (Wildman–Crippen MR) is 104 cm³/mol. The molecule has 1 aliphatic heterocycles. The zero-order valence-electron chi connectivity index (χ0n) is 16.1. The normalized spacial score (nSPS) is 13.7. The maximum atomic E-state index is 12.5. The molecule has 0 radical (unpaired) electrons. The fourth-order valence-electron chi connectivity index (χ4n) is 3.14. The molecular weight excluding hydrogens is 372 g/mol. The molecular formula is C21H22N4O4. The van der Waals surface area contributed by atoms with Crippen LogP contribution < -0.4 is 14.8 Å². The molecule has 0 saturated heterocycles. The van der Waals surface area contributed by atoms with Gasteiger partial charge in [0, 0.05) is 19.0 Å². The van der Waals surface area contributed by atoms with Crippen molar-refractivity contribution in [2.24, 2.45) is 0 Å². The van der Waals surface area contributed by atoms with E-state index in [1.165, 1.54) is 0 Å². The van der Waals surface area contributed by atoms with E-state index in [4.69, 9.17) is 14.0 Å². The monoisotopic (exact) mass is 394 g/mol. The predicted octanol–water partition coefficient (Wildman–Crippen LogP) is 3.10. The van der Waals surface area contributed by atoms with Crippen molar-refractivity contribution in [3.63, 3.8) is 0 Å². The topological polar surface area (TPSA) is 99.4 Å². The van der Waals surface area contributed by atoms with E-state index in [1.807, 2.05) is 37.3 Å². The number of nitrogens with one attached hydrogen (secondary N) is 1. The molecule has 1 N–H and O–H groups in total. The van der Waals surface area contributed by atoms with Crippen LogP contribution in [0, 0.1) is 0 Å². The molecule has 150 valence electrons. The van der Waals surface area contributed by atoms with Gasteiger partial charge in [0.05, 0.1) is 6.04 Å². The fraction of sp³-hybridized carbons (Fsp3) is 0.333. The van der Waals surface area contributed by atoms with Crippen LogP contribution >= 0.6 is 0 Å². The van der Waals surface area contributed by atoms with Crippen molar-refractivity contribution in [1.29, 1.82) is 0 Å². The van der Waals surface area contributed by atoms with E-state index in [0.717, 1.165) is 17.7 Å². The second kappa shape index (κ2) is 8.72. The average Bonchev–Trinajstić information content (AvgIpc) is 3.25. The first-order valence-electron chi connectivity index (χ1n) is 9.66. The van der Waals surface area contributed by atoms with E-state index in [2.05, 4.69) is 20.4 Å². The highest BCUT2D eigenvalue weighted by molar-refractivity contribution is 5.76. The first kappa shape index (κ1) is 18.9. The van der Waals surface area contributed by atoms with Gasteiger partial charge < -0.3 is 19.3 Å². The summed E-state index contributed by atoms with van der Waals surface area (Å²) in [6.45, 7) is 3.11. The van der Waals surface area contributed by atoms with E-state index in [0.29, 0.717) is 42.8 Å². The lowest BCUT2D eigenvalue weighted by molar-refractivity contribution is -0.121. The summed E-state index contributed by atoms with van der Waals surface area (Å²) in [4.78, 5) is 21.0. The number of nitrogens with zero attached hydrogens (tertiary/aromatic N) is 3. The summed E-state index contributed by atoms with van der Waals surface area (Å²) in [5.41, 5.74) is 1.62. The summed E-state index contributed by atoms with van der Waals surface area (Å²) >= 11 is 0. The van der Waals surface area contributed by atoms with Crippen LogP contribution in [0.5, 0.6) is 11.5 Å². The van der Waals surface area contributed by atoms with Crippen molar-refractivity contribution < 1.29 is 18.8 Å². The molecule has 1 amide bonds. The quantitative estimate of drug-likeness (QED) is 0.657. The molecule has 3 aromatic rings. The molecule has 2 aromatic heterocycles. The second-order valence-electron chi connectivity index (χ2n) is 6.66. The SMILES string of the molecule is CCC(NC(=O)CCc1nc(-c2ccccn2)no1)c1ccc2c(c1)OCCO2. The molecule has 0 fully saturated rings. The molecule has 0 spiro atoms. The Bertz CT molecular complexity index is 974. The van der Waals surface area contributed by atoms with Gasteiger partial charge in [-0.2, -0.15) is 4.98 Å². The highest BCUT2D eigenvalue weighted by atomic mass is 16.6. The molecule has 0 saturated carbocycles. The smallest absolute Gasteiger partial charge is 0.227 e. The van der Waals surface area contributed by atoms with Gasteiger partial charge in [-0.3, -0.25) is 9.78 Å². The highest BCUT2D eigenvalue weighted by Crippen LogP contribution is 2.33. The third kappa shape index (κ3) is 4.53. The van der Waals surface area contributed by atoms with Crippen molar-refractivity contribution >= 4 is 5.91 Å². The van der Waals surface area contributed by atoms with Crippen LogP contribution in [0.15, 0.2) is 47.1 Å². The Morgan fingerprint density at radius 1 is 1.17 bits per heavy atom. The van der Waals surface area contributed by atoms with Crippen LogP contribution in [0.1, 0.15) is 37.3 Å². The number of amides is 1. The van der Waals surface area contributed by atoms with Crippen molar-refractivity contribution in [1.82, 2.24) is 20.4 Å². The Balaban J connectivity index is 1.34. The lowest BCUT2D eigenvalue weighted by Gasteiger charge is -2.22. The summed E-state index contributed by atoms with van der Waals surface area (Å²) in [6, 6.07) is 11.1.